The number of fused-ring (bicyclic) bond motifs is 2. The monoisotopic (exact) mass is 201 g/mol. The van der Waals surface area contributed by atoms with Crippen LogP contribution in [0.1, 0.15) is 0 Å². The fraction of sp³-hybridized carbons (Fsp3) is 0. The van der Waals surface area contributed by atoms with Crippen molar-refractivity contribution in [3.05, 3.63) is 46.8 Å². The van der Waals surface area contributed by atoms with Gasteiger partial charge in [-0.2, -0.15) is 0 Å². The van der Waals surface area contributed by atoms with Crippen LogP contribution in [0.25, 0.3) is 20.3 Å². The van der Waals surface area contributed by atoms with Crippen molar-refractivity contribution in [2.45, 2.75) is 0 Å². The Balaban J connectivity index is 2.70. The van der Waals surface area contributed by atoms with E-state index < -0.39 is 0 Å². The van der Waals surface area contributed by atoms with Gasteiger partial charge in [0.2, 0.25) is 0 Å². The highest BCUT2D eigenvalue weighted by Crippen LogP contribution is 2.22. The molecule has 3 rings (SSSR count). The van der Waals surface area contributed by atoms with Gasteiger partial charge in [0.25, 0.3) is 0 Å². The highest BCUT2D eigenvalue weighted by molar-refractivity contribution is 7.24. The van der Waals surface area contributed by atoms with Gasteiger partial charge < -0.3 is 4.98 Å². The van der Waals surface area contributed by atoms with Crippen LogP contribution in [0.2, 0.25) is 0 Å². The summed E-state index contributed by atoms with van der Waals surface area (Å²) in [5, 5.41) is 1.60. The zero-order chi connectivity index (χ0) is 9.54. The van der Waals surface area contributed by atoms with Crippen LogP contribution in [-0.2, 0) is 0 Å². The Kier molecular flexibility index (Phi) is 1.49. The van der Waals surface area contributed by atoms with E-state index in [1.807, 2.05) is 30.3 Å². The van der Waals surface area contributed by atoms with Crippen molar-refractivity contribution >= 4 is 31.6 Å². The zero-order valence-electron chi connectivity index (χ0n) is 7.28. The highest BCUT2D eigenvalue weighted by atomic mass is 32.1. The first-order valence-electron chi connectivity index (χ1n) is 4.35. The van der Waals surface area contributed by atoms with Crippen LogP contribution in [0.15, 0.2) is 41.3 Å². The molecule has 68 valence electrons. The van der Waals surface area contributed by atoms with E-state index in [0.29, 0.717) is 0 Å². The molecule has 2 aromatic heterocycles. The van der Waals surface area contributed by atoms with Gasteiger partial charge in [-0.3, -0.25) is 4.79 Å². The first kappa shape index (κ1) is 7.76. The zero-order valence-corrected chi connectivity index (χ0v) is 8.10. The number of aromatic nitrogens is 1. The van der Waals surface area contributed by atoms with Gasteiger partial charge >= 0.3 is 0 Å². The Morgan fingerprint density at radius 2 is 1.93 bits per heavy atom. The van der Waals surface area contributed by atoms with E-state index in [9.17, 15) is 4.79 Å². The lowest BCUT2D eigenvalue weighted by atomic mass is 10.2. The van der Waals surface area contributed by atoms with E-state index in [2.05, 4.69) is 4.98 Å². The normalized spacial score (nSPS) is 11.1. The van der Waals surface area contributed by atoms with Crippen molar-refractivity contribution in [1.82, 2.24) is 4.98 Å². The van der Waals surface area contributed by atoms with E-state index in [1.165, 1.54) is 0 Å². The minimum atomic E-state index is 0.121. The molecule has 14 heavy (non-hydrogen) atoms. The second-order valence-electron chi connectivity index (χ2n) is 3.15. The highest BCUT2D eigenvalue weighted by Gasteiger charge is 2.04. The van der Waals surface area contributed by atoms with E-state index in [1.54, 1.807) is 17.5 Å². The van der Waals surface area contributed by atoms with Crippen LogP contribution >= 0.6 is 11.3 Å². The van der Waals surface area contributed by atoms with Crippen LogP contribution in [-0.4, -0.2) is 4.98 Å². The fourth-order valence-electron chi connectivity index (χ4n) is 1.62. The summed E-state index contributed by atoms with van der Waals surface area (Å²) >= 11 is 1.62. The van der Waals surface area contributed by atoms with Crippen LogP contribution in [0.5, 0.6) is 0 Å². The Bertz CT molecular complexity index is 665. The quantitative estimate of drug-likeness (QED) is 0.596. The van der Waals surface area contributed by atoms with Crippen LogP contribution in [0, 0.1) is 0 Å². The molecular weight excluding hydrogens is 194 g/mol. The number of hydrogen-bond acceptors (Lipinski definition) is 2. The van der Waals surface area contributed by atoms with E-state index in [0.717, 1.165) is 20.3 Å². The van der Waals surface area contributed by atoms with E-state index >= 15 is 0 Å². The van der Waals surface area contributed by atoms with Gasteiger partial charge in [0, 0.05) is 16.3 Å². The molecule has 0 unspecified atom stereocenters. The molecule has 3 heteroatoms. The maximum absolute atomic E-state index is 11.9. The molecule has 0 saturated heterocycles. The summed E-state index contributed by atoms with van der Waals surface area (Å²) in [4.78, 5) is 16.0. The SMILES string of the molecule is O=c1c2ccccc2sc2[nH]ccc12. The first-order valence-corrected chi connectivity index (χ1v) is 5.17. The predicted octanol–water partition coefficient (Wildman–Crippen LogP) is 2.74. The molecule has 0 aliphatic carbocycles. The standard InChI is InChI=1S/C11H7NOS/c13-10-7-3-1-2-4-9(7)14-11-8(10)5-6-12-11/h1-6,12H. The second-order valence-corrected chi connectivity index (χ2v) is 4.20. The topological polar surface area (TPSA) is 32.9 Å². The summed E-state index contributed by atoms with van der Waals surface area (Å²) in [5.74, 6) is 0. The Morgan fingerprint density at radius 3 is 2.86 bits per heavy atom. The van der Waals surface area contributed by atoms with Gasteiger partial charge in [-0.05, 0) is 18.2 Å². The van der Waals surface area contributed by atoms with Crippen molar-refractivity contribution in [3.63, 3.8) is 0 Å². The molecule has 2 nitrogen and oxygen atoms in total. The molecule has 3 aromatic rings. The number of benzene rings is 1. The number of rotatable bonds is 0. The Morgan fingerprint density at radius 1 is 1.07 bits per heavy atom. The number of hydrogen-bond donors (Lipinski definition) is 1. The Hall–Kier alpha value is -1.61. The van der Waals surface area contributed by atoms with Gasteiger partial charge in [0.1, 0.15) is 4.83 Å². The first-order chi connectivity index (χ1) is 6.86. The third-order valence-corrected chi connectivity index (χ3v) is 3.42. The molecule has 0 radical (unpaired) electrons. The maximum Gasteiger partial charge on any atom is 0.197 e. The molecule has 0 fully saturated rings. The van der Waals surface area contributed by atoms with Gasteiger partial charge in [-0.25, -0.2) is 0 Å². The lowest BCUT2D eigenvalue weighted by Gasteiger charge is -1.95. The van der Waals surface area contributed by atoms with Gasteiger partial charge in [0.15, 0.2) is 5.43 Å². The van der Waals surface area contributed by atoms with Gasteiger partial charge in [-0.15, -0.1) is 11.3 Å². The number of aromatic amines is 1. The molecule has 1 aromatic carbocycles. The number of H-pyrrole nitrogens is 1. The Labute approximate surface area is 83.8 Å². The van der Waals surface area contributed by atoms with Gasteiger partial charge in [0.05, 0.1) is 5.39 Å². The van der Waals surface area contributed by atoms with Crippen molar-refractivity contribution in [3.8, 4) is 0 Å². The summed E-state index contributed by atoms with van der Waals surface area (Å²) in [6.07, 6.45) is 1.81. The van der Waals surface area contributed by atoms with Gasteiger partial charge in [-0.1, -0.05) is 12.1 Å². The van der Waals surface area contributed by atoms with Crippen LogP contribution in [0.3, 0.4) is 0 Å². The van der Waals surface area contributed by atoms with E-state index in [4.69, 9.17) is 0 Å². The van der Waals surface area contributed by atoms with Crippen molar-refractivity contribution < 1.29 is 0 Å². The molecule has 0 saturated carbocycles. The average Bonchev–Trinajstić information content (AvgIpc) is 2.66. The smallest absolute Gasteiger partial charge is 0.197 e. The van der Waals surface area contributed by atoms with Crippen LogP contribution in [0.4, 0.5) is 0 Å². The summed E-state index contributed by atoms with van der Waals surface area (Å²) < 4.78 is 1.03. The molecular formula is C11H7NOS. The minimum Gasteiger partial charge on any atom is -0.353 e. The predicted molar refractivity (Wildman–Crippen MR) is 60.0 cm³/mol. The molecule has 0 spiro atoms. The largest absolute Gasteiger partial charge is 0.353 e. The summed E-state index contributed by atoms with van der Waals surface area (Å²) in [6, 6.07) is 9.53. The molecule has 0 atom stereocenters. The average molecular weight is 201 g/mol. The summed E-state index contributed by atoms with van der Waals surface area (Å²) in [5.41, 5.74) is 0.121. The van der Waals surface area contributed by atoms with Crippen molar-refractivity contribution in [2.75, 3.05) is 0 Å². The summed E-state index contributed by atoms with van der Waals surface area (Å²) in [7, 11) is 0. The summed E-state index contributed by atoms with van der Waals surface area (Å²) in [6.45, 7) is 0. The maximum atomic E-state index is 11.9. The lowest BCUT2D eigenvalue weighted by molar-refractivity contribution is 1.50. The van der Waals surface area contributed by atoms with E-state index in [-0.39, 0.29) is 5.43 Å². The minimum absolute atomic E-state index is 0.121. The third kappa shape index (κ3) is 0.930. The van der Waals surface area contributed by atoms with Crippen molar-refractivity contribution in [1.29, 1.82) is 0 Å². The molecule has 0 amide bonds. The molecule has 2 heterocycles. The van der Waals surface area contributed by atoms with Crippen LogP contribution < -0.4 is 5.43 Å². The number of nitrogens with one attached hydrogen (secondary N) is 1. The fourth-order valence-corrected chi connectivity index (χ4v) is 2.65. The molecule has 0 aliphatic heterocycles. The lowest BCUT2D eigenvalue weighted by Crippen LogP contribution is -1.98. The molecule has 0 bridgehead atoms. The molecule has 1 N–H and O–H groups in total. The third-order valence-electron chi connectivity index (χ3n) is 2.30. The molecule has 0 aliphatic rings. The van der Waals surface area contributed by atoms with Crippen molar-refractivity contribution in [2.24, 2.45) is 0 Å². The second kappa shape index (κ2) is 2.69.